The van der Waals surface area contributed by atoms with Crippen LogP contribution in [0.5, 0.6) is 11.5 Å². The lowest BCUT2D eigenvalue weighted by Gasteiger charge is -2.18. The van der Waals surface area contributed by atoms with E-state index in [1.165, 1.54) is 39.0 Å². The molecule has 3 aromatic rings. The van der Waals surface area contributed by atoms with Crippen LogP contribution in [0, 0.1) is 0 Å². The molecule has 5 nitrogen and oxygen atoms in total. The topological polar surface area (TPSA) is 61.3 Å². The normalized spacial score (nSPS) is 13.3. The van der Waals surface area contributed by atoms with E-state index < -0.39 is 17.8 Å². The van der Waals surface area contributed by atoms with Crippen LogP contribution >= 0.6 is 0 Å². The Balaban J connectivity index is 1.40. The predicted octanol–water partition coefficient (Wildman–Crippen LogP) is 11.1. The Hall–Kier alpha value is -3.35. The van der Waals surface area contributed by atoms with E-state index in [1.54, 1.807) is 31.5 Å². The van der Waals surface area contributed by atoms with Crippen molar-refractivity contribution in [2.45, 2.75) is 129 Å². The van der Waals surface area contributed by atoms with E-state index >= 15 is 4.39 Å². The average Bonchev–Trinajstić information content (AvgIpc) is 3.04. The first kappa shape index (κ1) is 36.1. The minimum absolute atomic E-state index is 0.169. The lowest BCUT2D eigenvalue weighted by molar-refractivity contribution is -0.147. The van der Waals surface area contributed by atoms with Gasteiger partial charge in [0.15, 0.2) is 5.82 Å². The van der Waals surface area contributed by atoms with Crippen molar-refractivity contribution >= 4 is 5.97 Å². The van der Waals surface area contributed by atoms with Gasteiger partial charge in [-0.2, -0.15) is 0 Å². The summed E-state index contributed by atoms with van der Waals surface area (Å²) in [6.07, 6.45) is 17.7. The highest BCUT2D eigenvalue weighted by Crippen LogP contribution is 2.27. The van der Waals surface area contributed by atoms with E-state index in [0.29, 0.717) is 31.0 Å². The maximum absolute atomic E-state index is 15.0. The molecule has 0 aliphatic carbocycles. The Morgan fingerprint density at radius 1 is 0.733 bits per heavy atom. The quantitative estimate of drug-likeness (QED) is 0.0634. The number of hydrogen-bond acceptors (Lipinski definition) is 5. The third-order valence-corrected chi connectivity index (χ3v) is 8.10. The van der Waals surface area contributed by atoms with Crippen LogP contribution in [0.4, 0.5) is 8.78 Å². The van der Waals surface area contributed by atoms with Gasteiger partial charge in [0.05, 0.1) is 12.8 Å². The van der Waals surface area contributed by atoms with Gasteiger partial charge >= 0.3 is 5.97 Å². The first-order chi connectivity index (χ1) is 21.8. The first-order valence-corrected chi connectivity index (χ1v) is 17.0. The second-order valence-electron chi connectivity index (χ2n) is 12.3. The zero-order valence-electron chi connectivity index (χ0n) is 27.5. The molecule has 0 aliphatic heterocycles. The van der Waals surface area contributed by atoms with Crippen molar-refractivity contribution in [1.29, 1.82) is 0 Å². The molecule has 0 fully saturated rings. The van der Waals surface area contributed by atoms with Crippen LogP contribution in [0.2, 0.25) is 0 Å². The highest BCUT2D eigenvalue weighted by atomic mass is 19.1. The van der Waals surface area contributed by atoms with Crippen LogP contribution in [-0.4, -0.2) is 34.4 Å². The molecule has 0 bridgehead atoms. The number of benzene rings is 2. The summed E-state index contributed by atoms with van der Waals surface area (Å²) in [5.41, 5.74) is 0.565. The van der Waals surface area contributed by atoms with Crippen molar-refractivity contribution in [3.8, 4) is 34.0 Å². The highest BCUT2D eigenvalue weighted by molar-refractivity contribution is 5.81. The zero-order valence-corrected chi connectivity index (χ0v) is 27.5. The second kappa shape index (κ2) is 19.9. The largest absolute Gasteiger partial charge is 0.494 e. The van der Waals surface area contributed by atoms with Crippen molar-refractivity contribution in [3.63, 3.8) is 0 Å². The Morgan fingerprint density at radius 3 is 1.89 bits per heavy atom. The number of carbonyl (C=O) groups is 1. The van der Waals surface area contributed by atoms with Gasteiger partial charge in [-0.25, -0.2) is 23.5 Å². The molecule has 2 atom stereocenters. The number of carbonyl (C=O) groups excluding carboxylic acids is 1. The fraction of sp³-hybridized carbons (Fsp3) is 0.553. The van der Waals surface area contributed by atoms with Gasteiger partial charge in [-0.1, -0.05) is 89.7 Å². The van der Waals surface area contributed by atoms with Crippen LogP contribution in [-0.2, 0) is 4.79 Å². The summed E-state index contributed by atoms with van der Waals surface area (Å²) in [6.45, 7) is 5.79. The van der Waals surface area contributed by atoms with Crippen molar-refractivity contribution in [3.05, 3.63) is 60.9 Å². The Morgan fingerprint density at radius 2 is 1.27 bits per heavy atom. The summed E-state index contributed by atoms with van der Waals surface area (Å²) in [4.78, 5) is 21.6. The molecule has 7 heteroatoms. The predicted molar refractivity (Wildman–Crippen MR) is 179 cm³/mol. The first-order valence-electron chi connectivity index (χ1n) is 17.0. The molecule has 1 heterocycles. The molecule has 246 valence electrons. The van der Waals surface area contributed by atoms with Crippen molar-refractivity contribution < 1.29 is 23.0 Å². The van der Waals surface area contributed by atoms with Crippen molar-refractivity contribution in [1.82, 2.24) is 9.97 Å². The Bertz CT molecular complexity index is 1230. The van der Waals surface area contributed by atoms with Gasteiger partial charge in [-0.05, 0) is 81.5 Å². The number of esters is 1. The van der Waals surface area contributed by atoms with Gasteiger partial charge < -0.3 is 9.47 Å². The molecule has 0 amide bonds. The van der Waals surface area contributed by atoms with E-state index in [2.05, 4.69) is 16.9 Å². The van der Waals surface area contributed by atoms with Gasteiger partial charge in [0.1, 0.15) is 11.5 Å². The molecule has 0 saturated heterocycles. The van der Waals surface area contributed by atoms with Gasteiger partial charge in [0.2, 0.25) is 5.67 Å². The number of halogens is 2. The molecule has 0 saturated carbocycles. The van der Waals surface area contributed by atoms with Gasteiger partial charge in [-0.3, -0.25) is 0 Å². The Labute approximate surface area is 269 Å². The van der Waals surface area contributed by atoms with Crippen LogP contribution < -0.4 is 9.47 Å². The number of aromatic nitrogens is 2. The number of unbranched alkanes of at least 4 members (excludes halogenated alkanes) is 11. The molecular formula is C38H52F2N2O3. The monoisotopic (exact) mass is 622 g/mol. The SMILES string of the molecule is CCCCCCCCCC[C@](C)(F)C(=O)Oc1ccc(-c2cnc(-c3ccc(OCCCCCCC[C@H](C)F)cc3)nc2)cc1. The standard InChI is InChI=1S/C38H52F2N2O3/c1-4-5-6-7-8-9-12-15-26-38(3,40)37(43)45-35-24-18-31(19-25-35)33-28-41-36(42-29-33)32-20-22-34(23-21-32)44-27-16-13-10-11-14-17-30(2)39/h18-25,28-30H,4-17,26-27H2,1-3H3/t30-,38-/m0/s1. The van der Waals surface area contributed by atoms with E-state index in [4.69, 9.17) is 9.47 Å². The van der Waals surface area contributed by atoms with E-state index in [9.17, 15) is 9.18 Å². The van der Waals surface area contributed by atoms with Crippen LogP contribution in [0.3, 0.4) is 0 Å². The lowest BCUT2D eigenvalue weighted by atomic mass is 9.99. The molecule has 0 spiro atoms. The fourth-order valence-corrected chi connectivity index (χ4v) is 5.20. The molecule has 3 rings (SSSR count). The molecule has 0 unspecified atom stereocenters. The average molecular weight is 623 g/mol. The van der Waals surface area contributed by atoms with E-state index in [1.807, 2.05) is 36.4 Å². The van der Waals surface area contributed by atoms with Crippen molar-refractivity contribution in [2.24, 2.45) is 0 Å². The van der Waals surface area contributed by atoms with E-state index in [-0.39, 0.29) is 6.42 Å². The highest BCUT2D eigenvalue weighted by Gasteiger charge is 2.34. The summed E-state index contributed by atoms with van der Waals surface area (Å²) in [5, 5.41) is 0. The lowest BCUT2D eigenvalue weighted by Crippen LogP contribution is -2.34. The number of nitrogens with zero attached hydrogens (tertiary/aromatic N) is 2. The molecular weight excluding hydrogens is 570 g/mol. The van der Waals surface area contributed by atoms with Crippen molar-refractivity contribution in [2.75, 3.05) is 6.61 Å². The third-order valence-electron chi connectivity index (χ3n) is 8.10. The molecule has 2 aromatic carbocycles. The van der Waals surface area contributed by atoms with Gasteiger partial charge in [-0.15, -0.1) is 0 Å². The molecule has 0 N–H and O–H groups in total. The minimum atomic E-state index is -2.01. The maximum atomic E-state index is 15.0. The molecule has 1 aromatic heterocycles. The second-order valence-corrected chi connectivity index (χ2v) is 12.3. The van der Waals surface area contributed by atoms with Crippen LogP contribution in [0.25, 0.3) is 22.5 Å². The Kier molecular flexibility index (Phi) is 16.0. The number of ether oxygens (including phenoxy) is 2. The zero-order chi connectivity index (χ0) is 32.3. The van der Waals surface area contributed by atoms with Gasteiger partial charge in [0, 0.05) is 23.5 Å². The summed E-state index contributed by atoms with van der Waals surface area (Å²) in [5.74, 6) is 0.881. The summed E-state index contributed by atoms with van der Waals surface area (Å²) in [6, 6.07) is 14.7. The molecule has 45 heavy (non-hydrogen) atoms. The van der Waals surface area contributed by atoms with Crippen LogP contribution in [0.15, 0.2) is 60.9 Å². The maximum Gasteiger partial charge on any atom is 0.348 e. The van der Waals surface area contributed by atoms with Crippen LogP contribution in [0.1, 0.15) is 117 Å². The number of rotatable bonds is 22. The minimum Gasteiger partial charge on any atom is -0.494 e. The molecule has 0 radical (unpaired) electrons. The smallest absolute Gasteiger partial charge is 0.348 e. The summed E-state index contributed by atoms with van der Waals surface area (Å²) in [7, 11) is 0. The fourth-order valence-electron chi connectivity index (χ4n) is 5.20. The third kappa shape index (κ3) is 13.7. The number of hydrogen-bond donors (Lipinski definition) is 0. The van der Waals surface area contributed by atoms with E-state index in [0.717, 1.165) is 67.4 Å². The summed E-state index contributed by atoms with van der Waals surface area (Å²) >= 11 is 0. The summed E-state index contributed by atoms with van der Waals surface area (Å²) < 4.78 is 39.1. The van der Waals surface area contributed by atoms with Gasteiger partial charge in [0.25, 0.3) is 0 Å². The molecule has 0 aliphatic rings. The number of alkyl halides is 2.